The maximum absolute atomic E-state index is 12.8. The molecular weight excluding hydrogens is 348 g/mol. The van der Waals surface area contributed by atoms with Gasteiger partial charge in [-0.3, -0.25) is 9.78 Å². The molecule has 28 heavy (non-hydrogen) atoms. The van der Waals surface area contributed by atoms with E-state index in [1.807, 2.05) is 24.3 Å². The van der Waals surface area contributed by atoms with E-state index >= 15 is 0 Å². The zero-order valence-corrected chi connectivity index (χ0v) is 16.2. The Hall–Kier alpha value is -3.14. The minimum absolute atomic E-state index is 0.00528. The second kappa shape index (κ2) is 7.85. The normalized spacial score (nSPS) is 16.1. The molecule has 1 aliphatic heterocycles. The van der Waals surface area contributed by atoms with Gasteiger partial charge < -0.3 is 10.1 Å². The Kier molecular flexibility index (Phi) is 5.11. The van der Waals surface area contributed by atoms with E-state index in [-0.39, 0.29) is 18.1 Å². The first-order valence-corrected chi connectivity index (χ1v) is 9.63. The molecule has 1 aromatic heterocycles. The summed E-state index contributed by atoms with van der Waals surface area (Å²) in [5.74, 6) is 0.931. The predicted octanol–water partition coefficient (Wildman–Crippen LogP) is 4.16. The molecule has 0 saturated carbocycles. The van der Waals surface area contributed by atoms with Crippen LogP contribution in [0.5, 0.6) is 5.75 Å². The average Bonchev–Trinajstić information content (AvgIpc) is 3.07. The third-order valence-electron chi connectivity index (χ3n) is 5.08. The summed E-state index contributed by atoms with van der Waals surface area (Å²) in [6.07, 6.45) is 4.95. The van der Waals surface area contributed by atoms with Gasteiger partial charge in [0.05, 0.1) is 12.5 Å². The monoisotopic (exact) mass is 372 g/mol. The van der Waals surface area contributed by atoms with Crippen molar-refractivity contribution < 1.29 is 9.53 Å². The largest absolute Gasteiger partial charge is 0.490 e. The number of ether oxygens (including phenoxy) is 1. The molecule has 0 bridgehead atoms. The first-order valence-electron chi connectivity index (χ1n) is 9.63. The number of hydrogen-bond donors (Lipinski definition) is 1. The van der Waals surface area contributed by atoms with E-state index in [2.05, 4.69) is 54.5 Å². The summed E-state index contributed by atoms with van der Waals surface area (Å²) < 4.78 is 5.75. The second-order valence-electron chi connectivity index (χ2n) is 7.44. The van der Waals surface area contributed by atoms with Crippen LogP contribution in [0.1, 0.15) is 40.8 Å². The minimum Gasteiger partial charge on any atom is -0.490 e. The van der Waals surface area contributed by atoms with E-state index in [0.29, 0.717) is 6.42 Å². The van der Waals surface area contributed by atoms with E-state index in [4.69, 9.17) is 4.74 Å². The highest BCUT2D eigenvalue weighted by molar-refractivity contribution is 5.79. The number of nitrogens with one attached hydrogen (secondary N) is 1. The number of rotatable bonds is 5. The highest BCUT2D eigenvalue weighted by Gasteiger charge is 2.21. The number of hydrogen-bond acceptors (Lipinski definition) is 3. The Morgan fingerprint density at radius 1 is 1.11 bits per heavy atom. The van der Waals surface area contributed by atoms with Crippen molar-refractivity contribution in [3.8, 4) is 5.75 Å². The van der Waals surface area contributed by atoms with Gasteiger partial charge >= 0.3 is 0 Å². The van der Waals surface area contributed by atoms with Crippen molar-refractivity contribution in [3.05, 3.63) is 94.8 Å². The molecule has 0 spiro atoms. The quantitative estimate of drug-likeness (QED) is 0.732. The molecule has 0 saturated heterocycles. The van der Waals surface area contributed by atoms with Crippen LogP contribution in [-0.2, 0) is 17.6 Å². The van der Waals surface area contributed by atoms with Gasteiger partial charge in [0.15, 0.2) is 0 Å². The van der Waals surface area contributed by atoms with Crippen LogP contribution < -0.4 is 10.1 Å². The van der Waals surface area contributed by atoms with Crippen LogP contribution in [0.15, 0.2) is 67.0 Å². The Labute approximate surface area is 165 Å². The number of nitrogens with zero attached hydrogens (tertiary/aromatic N) is 1. The van der Waals surface area contributed by atoms with Crippen molar-refractivity contribution in [2.75, 3.05) is 0 Å². The van der Waals surface area contributed by atoms with Crippen LogP contribution in [0, 0.1) is 6.92 Å². The standard InChI is InChI=1S/C24H24N2O2/c1-16-3-6-19(7-4-16)24(20-9-11-25-12-10-20)26-23(27)15-18-5-8-22-21(14-18)13-17(2)28-22/h3-12,14,17,24H,13,15H2,1-2H3,(H,26,27)/t17-,24+/m0/s1. The summed E-state index contributed by atoms with van der Waals surface area (Å²) in [7, 11) is 0. The Morgan fingerprint density at radius 3 is 2.57 bits per heavy atom. The summed E-state index contributed by atoms with van der Waals surface area (Å²) in [6.45, 7) is 4.12. The molecular formula is C24H24N2O2. The molecule has 2 heterocycles. The molecule has 0 fully saturated rings. The summed E-state index contributed by atoms with van der Waals surface area (Å²) in [6, 6.07) is 18.0. The van der Waals surface area contributed by atoms with Gasteiger partial charge in [0, 0.05) is 18.8 Å². The van der Waals surface area contributed by atoms with E-state index in [0.717, 1.165) is 28.9 Å². The van der Waals surface area contributed by atoms with Crippen LogP contribution >= 0.6 is 0 Å². The third-order valence-corrected chi connectivity index (χ3v) is 5.08. The van der Waals surface area contributed by atoms with Gasteiger partial charge in [-0.25, -0.2) is 0 Å². The minimum atomic E-state index is -0.200. The predicted molar refractivity (Wildman–Crippen MR) is 109 cm³/mol. The highest BCUT2D eigenvalue weighted by Crippen LogP contribution is 2.29. The fraction of sp³-hybridized carbons (Fsp3) is 0.250. The molecule has 4 heteroatoms. The second-order valence-corrected chi connectivity index (χ2v) is 7.44. The molecule has 0 aliphatic carbocycles. The molecule has 3 aromatic rings. The van der Waals surface area contributed by atoms with Gasteiger partial charge in [-0.1, -0.05) is 42.0 Å². The topological polar surface area (TPSA) is 51.2 Å². The van der Waals surface area contributed by atoms with Crippen molar-refractivity contribution >= 4 is 5.91 Å². The van der Waals surface area contributed by atoms with E-state index in [1.165, 1.54) is 11.1 Å². The maximum Gasteiger partial charge on any atom is 0.225 e. The van der Waals surface area contributed by atoms with Gasteiger partial charge in [-0.2, -0.15) is 0 Å². The highest BCUT2D eigenvalue weighted by atomic mass is 16.5. The number of benzene rings is 2. The molecule has 1 aliphatic rings. The number of aryl methyl sites for hydroxylation is 1. The summed E-state index contributed by atoms with van der Waals surface area (Å²) in [5.41, 5.74) is 5.45. The van der Waals surface area contributed by atoms with Crippen molar-refractivity contribution in [3.63, 3.8) is 0 Å². The summed E-state index contributed by atoms with van der Waals surface area (Å²) >= 11 is 0. The summed E-state index contributed by atoms with van der Waals surface area (Å²) in [5, 5.41) is 3.20. The lowest BCUT2D eigenvalue weighted by molar-refractivity contribution is -0.120. The lowest BCUT2D eigenvalue weighted by atomic mass is 9.98. The van der Waals surface area contributed by atoms with E-state index in [9.17, 15) is 4.79 Å². The zero-order valence-electron chi connectivity index (χ0n) is 16.2. The number of carbonyl (C=O) groups excluding carboxylic acids is 1. The molecule has 4 rings (SSSR count). The summed E-state index contributed by atoms with van der Waals surface area (Å²) in [4.78, 5) is 16.9. The molecule has 2 aromatic carbocycles. The zero-order chi connectivity index (χ0) is 19.5. The first-order chi connectivity index (χ1) is 13.6. The van der Waals surface area contributed by atoms with Crippen LogP contribution in [0.2, 0.25) is 0 Å². The van der Waals surface area contributed by atoms with Crippen molar-refractivity contribution in [1.29, 1.82) is 0 Å². The molecule has 142 valence electrons. The molecule has 2 atom stereocenters. The molecule has 1 N–H and O–H groups in total. The molecule has 1 amide bonds. The van der Waals surface area contributed by atoms with Gasteiger partial charge in [-0.15, -0.1) is 0 Å². The van der Waals surface area contributed by atoms with Gasteiger partial charge in [0.1, 0.15) is 11.9 Å². The number of aromatic nitrogens is 1. The number of carbonyl (C=O) groups is 1. The lowest BCUT2D eigenvalue weighted by Gasteiger charge is -2.20. The van der Waals surface area contributed by atoms with Gasteiger partial charge in [0.25, 0.3) is 0 Å². The number of amides is 1. The Bertz CT molecular complexity index is 968. The van der Waals surface area contributed by atoms with Crippen LogP contribution in [-0.4, -0.2) is 17.0 Å². The molecule has 0 radical (unpaired) electrons. The fourth-order valence-corrected chi connectivity index (χ4v) is 3.66. The smallest absolute Gasteiger partial charge is 0.225 e. The van der Waals surface area contributed by atoms with Crippen molar-refractivity contribution in [2.45, 2.75) is 38.8 Å². The Balaban J connectivity index is 1.53. The molecule has 4 nitrogen and oxygen atoms in total. The van der Waals surface area contributed by atoms with Crippen LogP contribution in [0.25, 0.3) is 0 Å². The van der Waals surface area contributed by atoms with Gasteiger partial charge in [0.2, 0.25) is 5.91 Å². The van der Waals surface area contributed by atoms with Crippen LogP contribution in [0.4, 0.5) is 0 Å². The first kappa shape index (κ1) is 18.2. The number of pyridine rings is 1. The van der Waals surface area contributed by atoms with Crippen molar-refractivity contribution in [2.24, 2.45) is 0 Å². The van der Waals surface area contributed by atoms with E-state index in [1.54, 1.807) is 12.4 Å². The van der Waals surface area contributed by atoms with Gasteiger partial charge in [-0.05, 0) is 54.3 Å². The van der Waals surface area contributed by atoms with Crippen LogP contribution in [0.3, 0.4) is 0 Å². The third kappa shape index (κ3) is 4.06. The number of fused-ring (bicyclic) bond motifs is 1. The van der Waals surface area contributed by atoms with Crippen molar-refractivity contribution in [1.82, 2.24) is 10.3 Å². The van der Waals surface area contributed by atoms with E-state index < -0.39 is 0 Å². The Morgan fingerprint density at radius 2 is 1.82 bits per heavy atom. The maximum atomic E-state index is 12.8. The fourth-order valence-electron chi connectivity index (χ4n) is 3.66. The molecule has 0 unspecified atom stereocenters. The SMILES string of the molecule is Cc1ccc([C@@H](NC(=O)Cc2ccc3c(c2)C[C@H](C)O3)c2ccncc2)cc1. The average molecular weight is 372 g/mol. The lowest BCUT2D eigenvalue weighted by Crippen LogP contribution is -2.30.